The number of nitrogens with zero attached hydrogens (tertiary/aromatic N) is 1. The van der Waals surface area contributed by atoms with E-state index in [2.05, 4.69) is 16.7 Å². The van der Waals surface area contributed by atoms with Crippen molar-refractivity contribution in [1.29, 1.82) is 0 Å². The first-order chi connectivity index (χ1) is 10.4. The lowest BCUT2D eigenvalue weighted by atomic mass is 9.97. The minimum absolute atomic E-state index is 0.0997. The number of hydrogen-bond donors (Lipinski definition) is 2. The minimum Gasteiger partial charge on any atom is -0.338 e. The highest BCUT2D eigenvalue weighted by Gasteiger charge is 2.26. The first-order valence-corrected chi connectivity index (χ1v) is 9.97. The molecule has 1 aliphatic heterocycles. The van der Waals surface area contributed by atoms with Gasteiger partial charge in [0.05, 0.1) is 6.26 Å². The predicted molar refractivity (Wildman–Crippen MR) is 87.1 cm³/mol. The second-order valence-corrected chi connectivity index (χ2v) is 8.20. The first-order valence-electron chi connectivity index (χ1n) is 8.12. The van der Waals surface area contributed by atoms with Crippen molar-refractivity contribution in [2.45, 2.75) is 51.0 Å². The number of amides is 2. The Hall–Kier alpha value is -1.08. The molecule has 6 nitrogen and oxygen atoms in total. The van der Waals surface area contributed by atoms with Crippen LogP contribution in [0.15, 0.2) is 11.6 Å². The number of urea groups is 1. The number of rotatable bonds is 5. The molecule has 1 unspecified atom stereocenters. The third-order valence-electron chi connectivity index (χ3n) is 4.31. The highest BCUT2D eigenvalue weighted by molar-refractivity contribution is 7.88. The van der Waals surface area contributed by atoms with E-state index in [1.54, 1.807) is 0 Å². The summed E-state index contributed by atoms with van der Waals surface area (Å²) in [7, 11) is -3.17. The van der Waals surface area contributed by atoms with Gasteiger partial charge in [-0.25, -0.2) is 17.5 Å². The highest BCUT2D eigenvalue weighted by atomic mass is 32.2. The Bertz CT molecular complexity index is 516. The van der Waals surface area contributed by atoms with Gasteiger partial charge in [-0.3, -0.25) is 0 Å². The summed E-state index contributed by atoms with van der Waals surface area (Å²) in [5, 5.41) is 5.76. The average Bonchev–Trinajstić information content (AvgIpc) is 2.48. The number of allylic oxidation sites excluding steroid dienone is 1. The van der Waals surface area contributed by atoms with Gasteiger partial charge in [0.1, 0.15) is 0 Å². The molecule has 0 radical (unpaired) electrons. The standard InChI is InChI=1S/C15H27N3O3S/c1-22(20,21)18-11-5-8-14(12-18)17-15(19)16-10-9-13-6-3-2-4-7-13/h6,14H,2-5,7-12H2,1H3,(H2,16,17,19). The summed E-state index contributed by atoms with van der Waals surface area (Å²) >= 11 is 0. The third-order valence-corrected chi connectivity index (χ3v) is 5.57. The van der Waals surface area contributed by atoms with Crippen LogP contribution in [0.3, 0.4) is 0 Å². The molecule has 1 atom stereocenters. The highest BCUT2D eigenvalue weighted by Crippen LogP contribution is 2.19. The van der Waals surface area contributed by atoms with E-state index in [1.165, 1.54) is 29.0 Å². The van der Waals surface area contributed by atoms with Gasteiger partial charge in [0.15, 0.2) is 0 Å². The SMILES string of the molecule is CS(=O)(=O)N1CCCC(NC(=O)NCCC2=CCCCC2)C1. The number of hydrogen-bond acceptors (Lipinski definition) is 3. The van der Waals surface area contributed by atoms with Crippen molar-refractivity contribution < 1.29 is 13.2 Å². The zero-order valence-electron chi connectivity index (χ0n) is 13.3. The molecule has 2 aliphatic rings. The lowest BCUT2D eigenvalue weighted by Crippen LogP contribution is -2.51. The van der Waals surface area contributed by atoms with Gasteiger partial charge < -0.3 is 10.6 Å². The van der Waals surface area contributed by atoms with Crippen molar-refractivity contribution in [2.24, 2.45) is 0 Å². The fourth-order valence-electron chi connectivity index (χ4n) is 3.07. The van der Waals surface area contributed by atoms with Gasteiger partial charge in [-0.05, 0) is 44.9 Å². The Kier molecular flexibility index (Phi) is 6.26. The number of carbonyl (C=O) groups excluding carboxylic acids is 1. The zero-order valence-corrected chi connectivity index (χ0v) is 14.1. The molecule has 0 aromatic heterocycles. The molecule has 1 aliphatic carbocycles. The molecular weight excluding hydrogens is 302 g/mol. The van der Waals surface area contributed by atoms with Crippen LogP contribution in [0.25, 0.3) is 0 Å². The Labute approximate surface area is 133 Å². The first kappa shape index (κ1) is 17.3. The van der Waals surface area contributed by atoms with Gasteiger partial charge in [0.25, 0.3) is 0 Å². The van der Waals surface area contributed by atoms with Gasteiger partial charge in [0, 0.05) is 25.7 Å². The van der Waals surface area contributed by atoms with E-state index in [-0.39, 0.29) is 12.1 Å². The fourth-order valence-corrected chi connectivity index (χ4v) is 3.98. The van der Waals surface area contributed by atoms with Crippen molar-refractivity contribution in [1.82, 2.24) is 14.9 Å². The summed E-state index contributed by atoms with van der Waals surface area (Å²) in [6.07, 6.45) is 10.8. The molecule has 0 aromatic rings. The average molecular weight is 329 g/mol. The van der Waals surface area contributed by atoms with Crippen molar-refractivity contribution in [2.75, 3.05) is 25.9 Å². The Morgan fingerprint density at radius 1 is 1.36 bits per heavy atom. The van der Waals surface area contributed by atoms with Crippen molar-refractivity contribution in [3.05, 3.63) is 11.6 Å². The summed E-state index contributed by atoms with van der Waals surface area (Å²) in [5.74, 6) is 0. The maximum absolute atomic E-state index is 11.9. The third kappa shape index (κ3) is 5.61. The molecule has 2 N–H and O–H groups in total. The number of carbonyl (C=O) groups is 1. The van der Waals surface area contributed by atoms with Crippen molar-refractivity contribution in [3.8, 4) is 0 Å². The van der Waals surface area contributed by atoms with E-state index < -0.39 is 10.0 Å². The van der Waals surface area contributed by atoms with E-state index in [0.717, 1.165) is 32.1 Å². The summed E-state index contributed by atoms with van der Waals surface area (Å²) in [6.45, 7) is 1.56. The molecule has 1 fully saturated rings. The van der Waals surface area contributed by atoms with E-state index in [0.29, 0.717) is 19.6 Å². The summed E-state index contributed by atoms with van der Waals surface area (Å²) in [5.41, 5.74) is 1.44. The van der Waals surface area contributed by atoms with Crippen LogP contribution in [0.1, 0.15) is 44.9 Å². The van der Waals surface area contributed by atoms with Crippen LogP contribution in [0.4, 0.5) is 4.79 Å². The molecule has 0 aromatic carbocycles. The zero-order chi connectivity index (χ0) is 16.0. The molecule has 0 spiro atoms. The van der Waals surface area contributed by atoms with E-state index in [9.17, 15) is 13.2 Å². The van der Waals surface area contributed by atoms with Crippen LogP contribution in [-0.2, 0) is 10.0 Å². The molecular formula is C15H27N3O3S. The van der Waals surface area contributed by atoms with E-state index in [1.807, 2.05) is 0 Å². The van der Waals surface area contributed by atoms with Gasteiger partial charge in [-0.15, -0.1) is 0 Å². The second-order valence-electron chi connectivity index (χ2n) is 6.22. The molecule has 0 bridgehead atoms. The number of nitrogens with one attached hydrogen (secondary N) is 2. The van der Waals surface area contributed by atoms with Gasteiger partial charge in [-0.2, -0.15) is 0 Å². The summed E-state index contributed by atoms with van der Waals surface area (Å²) in [6, 6.07) is -0.297. The van der Waals surface area contributed by atoms with Crippen LogP contribution in [0, 0.1) is 0 Å². The predicted octanol–water partition coefficient (Wildman–Crippen LogP) is 1.60. The molecule has 0 saturated carbocycles. The van der Waals surface area contributed by atoms with Crippen LogP contribution in [-0.4, -0.2) is 50.7 Å². The largest absolute Gasteiger partial charge is 0.338 e. The quantitative estimate of drug-likeness (QED) is 0.752. The minimum atomic E-state index is -3.17. The monoisotopic (exact) mass is 329 g/mol. The Morgan fingerprint density at radius 3 is 2.86 bits per heavy atom. The molecule has 1 saturated heterocycles. The van der Waals surface area contributed by atoms with E-state index in [4.69, 9.17) is 0 Å². The smallest absolute Gasteiger partial charge is 0.315 e. The van der Waals surface area contributed by atoms with Crippen molar-refractivity contribution >= 4 is 16.1 Å². The lowest BCUT2D eigenvalue weighted by Gasteiger charge is -2.31. The Balaban J connectivity index is 1.69. The van der Waals surface area contributed by atoms with Crippen LogP contribution >= 0.6 is 0 Å². The van der Waals surface area contributed by atoms with Crippen LogP contribution in [0.2, 0.25) is 0 Å². The molecule has 7 heteroatoms. The number of sulfonamides is 1. The van der Waals surface area contributed by atoms with Crippen LogP contribution < -0.4 is 10.6 Å². The lowest BCUT2D eigenvalue weighted by molar-refractivity contribution is 0.226. The molecule has 22 heavy (non-hydrogen) atoms. The summed E-state index contributed by atoms with van der Waals surface area (Å²) < 4.78 is 24.6. The van der Waals surface area contributed by atoms with Gasteiger partial charge >= 0.3 is 6.03 Å². The van der Waals surface area contributed by atoms with Gasteiger partial charge in [0.2, 0.25) is 10.0 Å². The molecule has 2 rings (SSSR count). The molecule has 2 amide bonds. The molecule has 1 heterocycles. The number of piperidine rings is 1. The fraction of sp³-hybridized carbons (Fsp3) is 0.800. The topological polar surface area (TPSA) is 78.5 Å². The van der Waals surface area contributed by atoms with Gasteiger partial charge in [-0.1, -0.05) is 11.6 Å². The Morgan fingerprint density at radius 2 is 2.18 bits per heavy atom. The van der Waals surface area contributed by atoms with E-state index >= 15 is 0 Å². The molecule has 126 valence electrons. The normalized spacial score (nSPS) is 23.7. The second kappa shape index (κ2) is 7.97. The van der Waals surface area contributed by atoms with Crippen molar-refractivity contribution in [3.63, 3.8) is 0 Å². The summed E-state index contributed by atoms with van der Waals surface area (Å²) in [4.78, 5) is 11.9. The maximum atomic E-state index is 11.9. The van der Waals surface area contributed by atoms with Crippen LogP contribution in [0.5, 0.6) is 0 Å². The maximum Gasteiger partial charge on any atom is 0.315 e.